The maximum absolute atomic E-state index is 13.6. The first-order valence-electron chi connectivity index (χ1n) is 14.0. The van der Waals surface area contributed by atoms with E-state index in [0.717, 1.165) is 36.0 Å². The molecule has 5 aliphatic rings. The highest BCUT2D eigenvalue weighted by molar-refractivity contribution is 8.26. The van der Waals surface area contributed by atoms with Crippen molar-refractivity contribution in [2.75, 3.05) is 7.11 Å². The normalized spacial score (nSPS) is 27.4. The molecule has 2 amide bonds. The Morgan fingerprint density at radius 1 is 1.17 bits per heavy atom. The lowest BCUT2D eigenvalue weighted by molar-refractivity contribution is -0.152. The summed E-state index contributed by atoms with van der Waals surface area (Å²) in [7, 11) is 1.59. The van der Waals surface area contributed by atoms with Gasteiger partial charge in [0.05, 0.1) is 17.4 Å². The molecule has 7 rings (SSSR count). The molecule has 1 heterocycles. The zero-order chi connectivity index (χ0) is 28.7. The number of methoxy groups -OCH3 is 1. The van der Waals surface area contributed by atoms with Crippen molar-refractivity contribution in [3.8, 4) is 11.5 Å². The number of carbonyl (C=O) groups excluding carboxylic acids is 2. The van der Waals surface area contributed by atoms with Crippen molar-refractivity contribution in [3.05, 3.63) is 75.7 Å². The summed E-state index contributed by atoms with van der Waals surface area (Å²) in [5.74, 6) is 2.71. The van der Waals surface area contributed by atoms with Crippen molar-refractivity contribution in [1.29, 1.82) is 0 Å². The summed E-state index contributed by atoms with van der Waals surface area (Å²) in [6.45, 7) is 4.24. The molecule has 41 heavy (non-hydrogen) atoms. The summed E-state index contributed by atoms with van der Waals surface area (Å²) >= 11 is 12.7. The number of halogens is 1. The quantitative estimate of drug-likeness (QED) is 0.186. The van der Waals surface area contributed by atoms with Gasteiger partial charge in [-0.1, -0.05) is 41.6 Å². The summed E-state index contributed by atoms with van der Waals surface area (Å²) in [4.78, 5) is 27.5. The number of amides is 2. The number of nitrogens with zero attached hydrogens (tertiary/aromatic N) is 1. The number of ether oxygens (including phenoxy) is 2. The van der Waals surface area contributed by atoms with E-state index >= 15 is 0 Å². The van der Waals surface area contributed by atoms with E-state index in [0.29, 0.717) is 56.5 Å². The Hall–Kier alpha value is -2.81. The summed E-state index contributed by atoms with van der Waals surface area (Å²) in [6.07, 6.45) is 10.7. The number of allylic oxidation sites excluding steroid dienone is 1. The van der Waals surface area contributed by atoms with E-state index < -0.39 is 0 Å². The van der Waals surface area contributed by atoms with Crippen LogP contribution in [0.5, 0.6) is 11.5 Å². The summed E-state index contributed by atoms with van der Waals surface area (Å²) < 4.78 is 12.2. The van der Waals surface area contributed by atoms with Gasteiger partial charge in [0.25, 0.3) is 5.91 Å². The van der Waals surface area contributed by atoms with Crippen molar-refractivity contribution >= 4 is 57.8 Å². The van der Waals surface area contributed by atoms with Crippen molar-refractivity contribution < 1.29 is 19.1 Å². The summed E-state index contributed by atoms with van der Waals surface area (Å²) in [6, 6.07) is 11.3. The van der Waals surface area contributed by atoms with Crippen molar-refractivity contribution in [3.63, 3.8) is 0 Å². The minimum atomic E-state index is -0.365. The van der Waals surface area contributed by atoms with Crippen LogP contribution in [0.4, 0.5) is 0 Å². The molecule has 1 aliphatic heterocycles. The van der Waals surface area contributed by atoms with Crippen molar-refractivity contribution in [2.45, 2.75) is 51.6 Å². The molecule has 0 spiro atoms. The van der Waals surface area contributed by atoms with E-state index in [1.54, 1.807) is 19.3 Å². The molecule has 4 saturated carbocycles. The maximum Gasteiger partial charge on any atom is 0.285 e. The van der Waals surface area contributed by atoms with Gasteiger partial charge in [0, 0.05) is 10.6 Å². The first kappa shape index (κ1) is 28.3. The molecular formula is C32H33ClN2O4S2. The monoisotopic (exact) mass is 608 g/mol. The van der Waals surface area contributed by atoms with Gasteiger partial charge in [-0.15, -0.1) is 6.58 Å². The first-order chi connectivity index (χ1) is 19.8. The van der Waals surface area contributed by atoms with Gasteiger partial charge in [0.1, 0.15) is 6.61 Å². The standard InChI is InChI=1S/C32H33ClN2O4S2/c1-3-4-24-12-20(13-26(38-2)28(24)39-18-19-5-7-25(33)8-6-19)14-27-29(36)35(31(40)41-27)34-30(37)32-15-21-9-22(16-32)11-23(10-21)17-32/h3,5-8,12-14,21-23H,1,4,9-11,15-18H2,2H3,(H,34,37)/b27-14-. The molecular weight excluding hydrogens is 576 g/mol. The minimum absolute atomic E-state index is 0.0497. The largest absolute Gasteiger partial charge is 0.493 e. The van der Waals surface area contributed by atoms with E-state index in [4.69, 9.17) is 33.3 Å². The van der Waals surface area contributed by atoms with Crippen molar-refractivity contribution in [2.24, 2.45) is 23.2 Å². The number of hydrazine groups is 1. The van der Waals surface area contributed by atoms with Crippen LogP contribution in [-0.2, 0) is 22.6 Å². The van der Waals surface area contributed by atoms with Crippen LogP contribution in [0, 0.1) is 23.2 Å². The highest BCUT2D eigenvalue weighted by atomic mass is 35.5. The summed E-state index contributed by atoms with van der Waals surface area (Å²) in [5.41, 5.74) is 5.19. The summed E-state index contributed by atoms with van der Waals surface area (Å²) in [5, 5.41) is 1.93. The van der Waals surface area contributed by atoms with Crippen LogP contribution in [0.3, 0.4) is 0 Å². The molecule has 4 bridgehead atoms. The van der Waals surface area contributed by atoms with E-state index in [-0.39, 0.29) is 17.2 Å². The Morgan fingerprint density at radius 3 is 2.44 bits per heavy atom. The Labute approximate surface area is 255 Å². The second kappa shape index (κ2) is 11.5. The lowest BCUT2D eigenvalue weighted by Crippen LogP contribution is -2.57. The van der Waals surface area contributed by atoms with Gasteiger partial charge in [-0.2, -0.15) is 5.01 Å². The molecule has 5 fully saturated rings. The smallest absolute Gasteiger partial charge is 0.285 e. The Balaban J connectivity index is 1.20. The highest BCUT2D eigenvalue weighted by Gasteiger charge is 2.55. The molecule has 214 valence electrons. The average molecular weight is 609 g/mol. The van der Waals surface area contributed by atoms with Gasteiger partial charge < -0.3 is 9.47 Å². The number of rotatable bonds is 9. The SMILES string of the molecule is C=CCc1cc(/C=C2\SC(=S)N(NC(=O)C34CC5CC(CC(C5)C3)C4)C2=O)cc(OC)c1OCc1ccc(Cl)cc1. The Morgan fingerprint density at radius 2 is 1.83 bits per heavy atom. The fourth-order valence-corrected chi connectivity index (χ4v) is 8.76. The van der Waals surface area contributed by atoms with Gasteiger partial charge in [0.15, 0.2) is 15.8 Å². The van der Waals surface area contributed by atoms with Crippen LogP contribution in [0.1, 0.15) is 55.2 Å². The van der Waals surface area contributed by atoms with Crippen LogP contribution in [0.2, 0.25) is 5.02 Å². The number of hydrogen-bond acceptors (Lipinski definition) is 6. The second-order valence-corrected chi connectivity index (χ2v) is 13.9. The van der Waals surface area contributed by atoms with Gasteiger partial charge in [-0.25, -0.2) is 0 Å². The van der Waals surface area contributed by atoms with Crippen LogP contribution >= 0.6 is 35.6 Å². The lowest BCUT2D eigenvalue weighted by Gasteiger charge is -2.55. The minimum Gasteiger partial charge on any atom is -0.493 e. The molecule has 2 aromatic rings. The lowest BCUT2D eigenvalue weighted by atomic mass is 9.49. The van der Waals surface area contributed by atoms with Gasteiger partial charge in [-0.05, 0) is 116 Å². The Bertz CT molecular complexity index is 1400. The van der Waals surface area contributed by atoms with Gasteiger partial charge >= 0.3 is 0 Å². The second-order valence-electron chi connectivity index (χ2n) is 11.8. The number of thiocarbonyl (C=S) groups is 1. The van der Waals surface area contributed by atoms with E-state index in [1.807, 2.05) is 36.4 Å². The highest BCUT2D eigenvalue weighted by Crippen LogP contribution is 2.60. The average Bonchev–Trinajstić information content (AvgIpc) is 3.19. The topological polar surface area (TPSA) is 67.9 Å². The fourth-order valence-electron chi connectivity index (χ4n) is 7.45. The Kier molecular flexibility index (Phi) is 7.92. The van der Waals surface area contributed by atoms with Crippen LogP contribution in [-0.4, -0.2) is 28.3 Å². The fraction of sp³-hybridized carbons (Fsp3) is 0.406. The van der Waals surface area contributed by atoms with Crippen LogP contribution in [0.15, 0.2) is 54.0 Å². The molecule has 0 aromatic heterocycles. The molecule has 4 aliphatic carbocycles. The molecule has 2 aromatic carbocycles. The van der Waals surface area contributed by atoms with E-state index in [2.05, 4.69) is 12.0 Å². The molecule has 9 heteroatoms. The number of nitrogens with one attached hydrogen (secondary N) is 1. The van der Waals surface area contributed by atoms with Gasteiger partial charge in [0.2, 0.25) is 5.91 Å². The number of hydrogen-bond donors (Lipinski definition) is 1. The molecule has 0 unspecified atom stereocenters. The number of benzene rings is 2. The third kappa shape index (κ3) is 5.66. The number of thioether (sulfide) groups is 1. The molecule has 0 atom stereocenters. The predicted molar refractivity (Wildman–Crippen MR) is 166 cm³/mol. The zero-order valence-electron chi connectivity index (χ0n) is 23.0. The third-order valence-electron chi connectivity index (χ3n) is 8.86. The number of carbonyl (C=O) groups is 2. The predicted octanol–water partition coefficient (Wildman–Crippen LogP) is 7.10. The molecule has 1 N–H and O–H groups in total. The van der Waals surface area contributed by atoms with Crippen LogP contribution in [0.25, 0.3) is 6.08 Å². The first-order valence-corrected chi connectivity index (χ1v) is 15.7. The van der Waals surface area contributed by atoms with Gasteiger partial charge in [-0.3, -0.25) is 15.0 Å². The maximum atomic E-state index is 13.6. The molecule has 6 nitrogen and oxygen atoms in total. The third-order valence-corrected chi connectivity index (χ3v) is 10.4. The zero-order valence-corrected chi connectivity index (χ0v) is 25.4. The van der Waals surface area contributed by atoms with E-state index in [1.165, 1.54) is 36.0 Å². The van der Waals surface area contributed by atoms with Crippen molar-refractivity contribution in [1.82, 2.24) is 10.4 Å². The molecule has 0 radical (unpaired) electrons. The molecule has 1 saturated heterocycles. The van der Waals surface area contributed by atoms with E-state index in [9.17, 15) is 9.59 Å². The van der Waals surface area contributed by atoms with Crippen LogP contribution < -0.4 is 14.9 Å².